The van der Waals surface area contributed by atoms with Crippen molar-refractivity contribution < 1.29 is 14.3 Å². The summed E-state index contributed by atoms with van der Waals surface area (Å²) in [5, 5.41) is 3.04. The fourth-order valence-corrected chi connectivity index (χ4v) is 4.75. The number of esters is 1. The molecule has 112 valence electrons. The third-order valence-electron chi connectivity index (χ3n) is 5.36. The van der Waals surface area contributed by atoms with Crippen LogP contribution in [0.5, 0.6) is 0 Å². The Kier molecular flexibility index (Phi) is 3.71. The Balaban J connectivity index is 1.60. The van der Waals surface area contributed by atoms with Crippen molar-refractivity contribution in [1.82, 2.24) is 5.32 Å². The van der Waals surface area contributed by atoms with Crippen molar-refractivity contribution >= 4 is 11.9 Å². The minimum absolute atomic E-state index is 0.218. The van der Waals surface area contributed by atoms with E-state index in [0.717, 1.165) is 11.8 Å². The normalized spacial score (nSPS) is 39.4. The van der Waals surface area contributed by atoms with Crippen LogP contribution in [0.25, 0.3) is 0 Å². The number of carbonyl (C=O) groups excluding carboxylic acids is 2. The molecule has 0 aromatic carbocycles. The second-order valence-electron chi connectivity index (χ2n) is 6.69. The van der Waals surface area contributed by atoms with Gasteiger partial charge in [0, 0.05) is 6.04 Å². The Morgan fingerprint density at radius 2 is 1.70 bits per heavy atom. The number of amides is 1. The van der Waals surface area contributed by atoms with Gasteiger partial charge in [-0.2, -0.15) is 0 Å². The maximum atomic E-state index is 12.1. The van der Waals surface area contributed by atoms with Gasteiger partial charge in [0.2, 0.25) is 5.91 Å². The van der Waals surface area contributed by atoms with Crippen LogP contribution in [0, 0.1) is 23.7 Å². The van der Waals surface area contributed by atoms with Crippen molar-refractivity contribution in [2.24, 2.45) is 29.4 Å². The quantitative estimate of drug-likeness (QED) is 0.590. The summed E-state index contributed by atoms with van der Waals surface area (Å²) in [6.45, 7) is 1.96. The number of ether oxygens (including phenoxy) is 1. The Bertz CT molecular complexity index is 382. The molecule has 0 radical (unpaired) electrons. The van der Waals surface area contributed by atoms with Gasteiger partial charge in [-0.05, 0) is 62.7 Å². The zero-order chi connectivity index (χ0) is 14.3. The van der Waals surface area contributed by atoms with Crippen molar-refractivity contribution in [3.63, 3.8) is 0 Å². The van der Waals surface area contributed by atoms with Gasteiger partial charge in [0.25, 0.3) is 0 Å². The average molecular weight is 280 g/mol. The van der Waals surface area contributed by atoms with Gasteiger partial charge in [-0.25, -0.2) is 4.79 Å². The minimum atomic E-state index is -1.19. The maximum absolute atomic E-state index is 12.1. The molecule has 1 unspecified atom stereocenters. The van der Waals surface area contributed by atoms with E-state index in [1.54, 1.807) is 6.92 Å². The summed E-state index contributed by atoms with van der Waals surface area (Å²) in [6, 6.07) is -0.970. The molecule has 0 saturated heterocycles. The highest BCUT2D eigenvalue weighted by Crippen LogP contribution is 2.53. The van der Waals surface area contributed by atoms with Crippen molar-refractivity contribution in [3.05, 3.63) is 0 Å². The largest absolute Gasteiger partial charge is 0.464 e. The topological polar surface area (TPSA) is 81.4 Å². The lowest BCUT2D eigenvalue weighted by atomic mass is 9.54. The monoisotopic (exact) mass is 280 g/mol. The molecule has 0 spiro atoms. The predicted molar refractivity (Wildman–Crippen MR) is 73.6 cm³/mol. The van der Waals surface area contributed by atoms with Gasteiger partial charge < -0.3 is 15.8 Å². The first-order valence-electron chi connectivity index (χ1n) is 7.81. The molecule has 3 N–H and O–H groups in total. The van der Waals surface area contributed by atoms with Gasteiger partial charge in [-0.1, -0.05) is 0 Å². The van der Waals surface area contributed by atoms with Gasteiger partial charge in [-0.15, -0.1) is 0 Å². The van der Waals surface area contributed by atoms with Gasteiger partial charge >= 0.3 is 5.97 Å². The molecule has 0 heterocycles. The third-order valence-corrected chi connectivity index (χ3v) is 5.36. The molecule has 4 bridgehead atoms. The molecule has 1 amide bonds. The van der Waals surface area contributed by atoms with E-state index >= 15 is 0 Å². The lowest BCUT2D eigenvalue weighted by molar-refractivity contribution is -0.148. The molecular weight excluding hydrogens is 256 g/mol. The lowest BCUT2D eigenvalue weighted by Gasteiger charge is -2.54. The average Bonchev–Trinajstić information content (AvgIpc) is 2.41. The lowest BCUT2D eigenvalue weighted by Crippen LogP contribution is -2.59. The molecule has 4 aliphatic rings. The molecule has 4 fully saturated rings. The summed E-state index contributed by atoms with van der Waals surface area (Å²) in [4.78, 5) is 23.6. The molecule has 0 aliphatic heterocycles. The van der Waals surface area contributed by atoms with E-state index in [1.807, 2.05) is 0 Å². The Morgan fingerprint density at radius 3 is 2.20 bits per heavy atom. The predicted octanol–water partition coefficient (Wildman–Crippen LogP) is 0.818. The highest BCUT2D eigenvalue weighted by atomic mass is 16.5. The summed E-state index contributed by atoms with van der Waals surface area (Å²) in [5.74, 6) is 1.90. The van der Waals surface area contributed by atoms with Gasteiger partial charge in [0.15, 0.2) is 6.04 Å². The smallest absolute Gasteiger partial charge is 0.332 e. The van der Waals surface area contributed by atoms with Crippen LogP contribution in [-0.4, -0.2) is 30.6 Å². The number of rotatable bonds is 4. The molecule has 20 heavy (non-hydrogen) atoms. The van der Waals surface area contributed by atoms with Crippen LogP contribution in [0.4, 0.5) is 0 Å². The zero-order valence-electron chi connectivity index (χ0n) is 12.0. The van der Waals surface area contributed by atoms with Crippen molar-refractivity contribution in [2.45, 2.75) is 51.1 Å². The highest BCUT2D eigenvalue weighted by molar-refractivity contribution is 6.01. The first-order valence-corrected chi connectivity index (χ1v) is 7.81. The van der Waals surface area contributed by atoms with Crippen LogP contribution in [0.3, 0.4) is 0 Å². The fourth-order valence-electron chi connectivity index (χ4n) is 4.75. The van der Waals surface area contributed by atoms with Crippen molar-refractivity contribution in [3.8, 4) is 0 Å². The standard InChI is InChI=1S/C15H24N2O3/c1-2-20-15(19)12(16)14(18)17-13-10-4-8-3-9(6-10)7-11(13)5-8/h8-13H,2-7,16H2,1H3,(H,17,18). The molecule has 0 aromatic heterocycles. The van der Waals surface area contributed by atoms with Crippen LogP contribution in [0.15, 0.2) is 0 Å². The number of nitrogens with one attached hydrogen (secondary N) is 1. The first-order chi connectivity index (χ1) is 9.58. The molecule has 1 atom stereocenters. The zero-order valence-corrected chi connectivity index (χ0v) is 12.0. The first kappa shape index (κ1) is 13.9. The Morgan fingerprint density at radius 1 is 1.15 bits per heavy atom. The Hall–Kier alpha value is -1.10. The Labute approximate surface area is 119 Å². The third kappa shape index (κ3) is 2.43. The minimum Gasteiger partial charge on any atom is -0.464 e. The molecule has 4 aliphatic carbocycles. The summed E-state index contributed by atoms with van der Waals surface area (Å²) in [7, 11) is 0. The van der Waals surface area contributed by atoms with E-state index < -0.39 is 12.0 Å². The van der Waals surface area contributed by atoms with Crippen LogP contribution in [-0.2, 0) is 14.3 Å². The van der Waals surface area contributed by atoms with Gasteiger partial charge in [-0.3, -0.25) is 4.79 Å². The summed E-state index contributed by atoms with van der Waals surface area (Å²) >= 11 is 0. The summed E-state index contributed by atoms with van der Waals surface area (Å²) in [6.07, 6.45) is 6.30. The second-order valence-corrected chi connectivity index (χ2v) is 6.69. The van der Waals surface area contributed by atoms with E-state index in [2.05, 4.69) is 5.32 Å². The van der Waals surface area contributed by atoms with E-state index in [-0.39, 0.29) is 18.6 Å². The SMILES string of the molecule is CCOC(=O)C(N)C(=O)NC1C2CC3CC(C2)CC1C3. The van der Waals surface area contributed by atoms with E-state index in [1.165, 1.54) is 32.1 Å². The number of carbonyl (C=O) groups is 2. The highest BCUT2D eigenvalue weighted by Gasteiger charge is 2.49. The number of hydrogen-bond acceptors (Lipinski definition) is 4. The van der Waals surface area contributed by atoms with Crippen LogP contribution in [0.2, 0.25) is 0 Å². The van der Waals surface area contributed by atoms with E-state index in [0.29, 0.717) is 11.8 Å². The van der Waals surface area contributed by atoms with Crippen molar-refractivity contribution in [2.75, 3.05) is 6.61 Å². The van der Waals surface area contributed by atoms with Gasteiger partial charge in [0.05, 0.1) is 6.61 Å². The van der Waals surface area contributed by atoms with E-state index in [9.17, 15) is 9.59 Å². The molecule has 5 nitrogen and oxygen atoms in total. The molecule has 4 rings (SSSR count). The van der Waals surface area contributed by atoms with Crippen molar-refractivity contribution in [1.29, 1.82) is 0 Å². The second kappa shape index (κ2) is 5.35. The van der Waals surface area contributed by atoms with Gasteiger partial charge in [0.1, 0.15) is 0 Å². The van der Waals surface area contributed by atoms with E-state index in [4.69, 9.17) is 10.5 Å². The maximum Gasteiger partial charge on any atom is 0.332 e. The molecule has 0 aromatic rings. The fraction of sp³-hybridized carbons (Fsp3) is 0.867. The summed E-state index contributed by atoms with van der Waals surface area (Å²) in [5.41, 5.74) is 5.66. The molecular formula is C15H24N2O3. The molecule has 4 saturated carbocycles. The van der Waals surface area contributed by atoms with Crippen LogP contribution in [0.1, 0.15) is 39.0 Å². The number of nitrogens with two attached hydrogens (primary N) is 1. The van der Waals surface area contributed by atoms with Crippen LogP contribution >= 0.6 is 0 Å². The molecule has 5 heteroatoms. The summed E-state index contributed by atoms with van der Waals surface area (Å²) < 4.78 is 4.81. The van der Waals surface area contributed by atoms with Crippen LogP contribution < -0.4 is 11.1 Å². The number of hydrogen-bond donors (Lipinski definition) is 2.